The van der Waals surface area contributed by atoms with Gasteiger partial charge in [-0.3, -0.25) is 4.68 Å². The Kier molecular flexibility index (Phi) is 5.00. The van der Waals surface area contributed by atoms with Crippen LogP contribution in [0.3, 0.4) is 0 Å². The Morgan fingerprint density at radius 1 is 1.21 bits per heavy atom. The molecule has 2 heterocycles. The molecule has 0 fully saturated rings. The molecule has 0 amide bonds. The highest BCUT2D eigenvalue weighted by atomic mass is 15.3. The number of anilines is 1. The Labute approximate surface area is 143 Å². The molecule has 0 bridgehead atoms. The van der Waals surface area contributed by atoms with Crippen molar-refractivity contribution in [3.63, 3.8) is 0 Å². The highest BCUT2D eigenvalue weighted by Gasteiger charge is 2.18. The van der Waals surface area contributed by atoms with Crippen molar-refractivity contribution < 1.29 is 0 Å². The van der Waals surface area contributed by atoms with Gasteiger partial charge in [-0.25, -0.2) is 4.98 Å². The topological polar surface area (TPSA) is 70.8 Å². The molecule has 5 nitrogen and oxygen atoms in total. The maximum absolute atomic E-state index is 6.21. The number of rotatable bonds is 7. The van der Waals surface area contributed by atoms with Crippen LogP contribution in [0.2, 0.25) is 0 Å². The van der Waals surface area contributed by atoms with Gasteiger partial charge in [-0.2, -0.15) is 12.1 Å². The predicted octanol–water partition coefficient (Wildman–Crippen LogP) is 4.15. The highest BCUT2D eigenvalue weighted by Crippen LogP contribution is 2.31. The Hall–Kier alpha value is -2.14. The number of hydrogen-bond acceptors (Lipinski definition) is 3. The van der Waals surface area contributed by atoms with Crippen LogP contribution in [0, 0.1) is 5.92 Å². The molecule has 2 N–H and O–H groups in total. The molecule has 0 unspecified atom stereocenters. The molecule has 3 aromatic rings. The molecule has 0 saturated carbocycles. The standard InChI is InChI=1S/C19H26N5/c1-13(2)12-16-17-14-8-4-5-9-15(14)22-19(20)18(17)23-24(16)11-7-6-10-21-3/h4-5,8-9,13H,6-7,10-12H2,1-3H3,(H2,20,22)/q-1. The molecule has 0 aliphatic heterocycles. The van der Waals surface area contributed by atoms with Gasteiger partial charge >= 0.3 is 0 Å². The number of pyridine rings is 1. The maximum atomic E-state index is 6.21. The molecule has 24 heavy (non-hydrogen) atoms. The van der Waals surface area contributed by atoms with Gasteiger partial charge in [0.15, 0.2) is 5.82 Å². The zero-order chi connectivity index (χ0) is 17.1. The summed E-state index contributed by atoms with van der Waals surface area (Å²) in [6, 6.07) is 8.20. The molecule has 128 valence electrons. The van der Waals surface area contributed by atoms with Crippen LogP contribution in [0.15, 0.2) is 24.3 Å². The summed E-state index contributed by atoms with van der Waals surface area (Å²) in [5, 5.41) is 11.3. The van der Waals surface area contributed by atoms with E-state index in [-0.39, 0.29) is 0 Å². The van der Waals surface area contributed by atoms with E-state index in [4.69, 9.17) is 10.8 Å². The number of hydrogen-bond donors (Lipinski definition) is 1. The number of para-hydroxylation sites is 1. The van der Waals surface area contributed by atoms with Crippen LogP contribution >= 0.6 is 0 Å². The summed E-state index contributed by atoms with van der Waals surface area (Å²) in [6.45, 7) is 6.30. The van der Waals surface area contributed by atoms with Gasteiger partial charge in [-0.1, -0.05) is 38.5 Å². The van der Waals surface area contributed by atoms with Gasteiger partial charge in [0.1, 0.15) is 5.52 Å². The van der Waals surface area contributed by atoms with Gasteiger partial charge in [0.2, 0.25) is 0 Å². The van der Waals surface area contributed by atoms with E-state index in [0.29, 0.717) is 11.7 Å². The number of benzene rings is 1. The van der Waals surface area contributed by atoms with Gasteiger partial charge in [0.05, 0.1) is 5.52 Å². The van der Waals surface area contributed by atoms with Crippen LogP contribution in [0.5, 0.6) is 0 Å². The lowest BCUT2D eigenvalue weighted by Crippen LogP contribution is -2.08. The first-order valence-corrected chi connectivity index (χ1v) is 8.71. The zero-order valence-electron chi connectivity index (χ0n) is 14.8. The number of nitrogens with two attached hydrogens (primary N) is 1. The summed E-state index contributed by atoms with van der Waals surface area (Å²) in [4.78, 5) is 4.53. The van der Waals surface area contributed by atoms with Crippen LogP contribution in [0.1, 0.15) is 32.4 Å². The predicted molar refractivity (Wildman–Crippen MR) is 101 cm³/mol. The second-order valence-corrected chi connectivity index (χ2v) is 6.75. The Morgan fingerprint density at radius 3 is 2.75 bits per heavy atom. The fourth-order valence-electron chi connectivity index (χ4n) is 3.23. The first-order chi connectivity index (χ1) is 11.6. The van der Waals surface area contributed by atoms with Gasteiger partial charge in [0.25, 0.3) is 0 Å². The summed E-state index contributed by atoms with van der Waals surface area (Å²) >= 11 is 0. The van der Waals surface area contributed by atoms with Crippen molar-refractivity contribution in [1.29, 1.82) is 0 Å². The summed E-state index contributed by atoms with van der Waals surface area (Å²) in [5.74, 6) is 1.08. The minimum Gasteiger partial charge on any atom is -0.665 e. The largest absolute Gasteiger partial charge is 0.665 e. The average Bonchev–Trinajstić information content (AvgIpc) is 2.91. The van der Waals surface area contributed by atoms with Gasteiger partial charge in [0, 0.05) is 23.0 Å². The van der Waals surface area contributed by atoms with Crippen LogP contribution in [-0.2, 0) is 13.0 Å². The molecule has 3 rings (SSSR count). The number of nitrogens with zero attached hydrogens (tertiary/aromatic N) is 4. The van der Waals surface area contributed by atoms with E-state index in [2.05, 4.69) is 41.0 Å². The van der Waals surface area contributed by atoms with Gasteiger partial charge in [-0.05, 0) is 24.8 Å². The van der Waals surface area contributed by atoms with E-state index in [9.17, 15) is 0 Å². The fraction of sp³-hybridized carbons (Fsp3) is 0.474. The van der Waals surface area contributed by atoms with E-state index in [0.717, 1.165) is 48.8 Å². The normalized spacial score (nSPS) is 11.8. The smallest absolute Gasteiger partial charge is 0.152 e. The van der Waals surface area contributed by atoms with Crippen LogP contribution in [0.4, 0.5) is 5.82 Å². The minimum atomic E-state index is 0.524. The van der Waals surface area contributed by atoms with E-state index in [1.807, 2.05) is 19.2 Å². The third kappa shape index (κ3) is 3.22. The number of aryl methyl sites for hydroxylation is 1. The third-order valence-corrected chi connectivity index (χ3v) is 4.32. The zero-order valence-corrected chi connectivity index (χ0v) is 14.8. The lowest BCUT2D eigenvalue weighted by atomic mass is 10.0. The second-order valence-electron chi connectivity index (χ2n) is 6.75. The third-order valence-electron chi connectivity index (χ3n) is 4.32. The first-order valence-electron chi connectivity index (χ1n) is 8.71. The summed E-state index contributed by atoms with van der Waals surface area (Å²) in [5.41, 5.74) is 9.27. The molecular weight excluding hydrogens is 298 g/mol. The molecule has 0 spiro atoms. The van der Waals surface area contributed by atoms with E-state index < -0.39 is 0 Å². The molecule has 0 aliphatic carbocycles. The Balaban J connectivity index is 2.13. The van der Waals surface area contributed by atoms with E-state index in [1.165, 1.54) is 11.1 Å². The van der Waals surface area contributed by atoms with Crippen molar-refractivity contribution in [3.05, 3.63) is 35.3 Å². The molecule has 0 saturated heterocycles. The van der Waals surface area contributed by atoms with E-state index >= 15 is 0 Å². The monoisotopic (exact) mass is 324 g/mol. The minimum absolute atomic E-state index is 0.524. The Bertz CT molecular complexity index is 835. The van der Waals surface area contributed by atoms with Gasteiger partial charge in [-0.15, -0.1) is 6.54 Å². The number of nitrogen functional groups attached to an aromatic ring is 1. The summed E-state index contributed by atoms with van der Waals surface area (Å²) in [6.07, 6.45) is 3.14. The van der Waals surface area contributed by atoms with Gasteiger partial charge < -0.3 is 11.1 Å². The molecular formula is C19H26N5-. The highest BCUT2D eigenvalue weighted by molar-refractivity contribution is 6.09. The average molecular weight is 324 g/mol. The Morgan fingerprint density at radius 2 is 2.00 bits per heavy atom. The molecule has 5 heteroatoms. The molecule has 2 aromatic heterocycles. The van der Waals surface area contributed by atoms with Crippen molar-refractivity contribution in [1.82, 2.24) is 14.8 Å². The van der Waals surface area contributed by atoms with Crippen molar-refractivity contribution >= 4 is 27.6 Å². The number of unbranched alkanes of at least 4 members (excludes halogenated alkanes) is 1. The number of aromatic nitrogens is 3. The van der Waals surface area contributed by atoms with Crippen LogP contribution in [0.25, 0.3) is 27.1 Å². The summed E-state index contributed by atoms with van der Waals surface area (Å²) in [7, 11) is 1.87. The molecule has 0 radical (unpaired) electrons. The van der Waals surface area contributed by atoms with Crippen LogP contribution < -0.4 is 5.73 Å². The number of fused-ring (bicyclic) bond motifs is 3. The maximum Gasteiger partial charge on any atom is 0.152 e. The molecule has 0 aliphatic rings. The van der Waals surface area contributed by atoms with Crippen molar-refractivity contribution in [2.24, 2.45) is 5.92 Å². The first kappa shape index (κ1) is 16.7. The van der Waals surface area contributed by atoms with E-state index in [1.54, 1.807) is 0 Å². The lowest BCUT2D eigenvalue weighted by Gasteiger charge is -2.13. The van der Waals surface area contributed by atoms with Crippen molar-refractivity contribution in [2.75, 3.05) is 19.3 Å². The quantitative estimate of drug-likeness (QED) is 0.664. The van der Waals surface area contributed by atoms with Crippen molar-refractivity contribution in [2.45, 2.75) is 39.7 Å². The summed E-state index contributed by atoms with van der Waals surface area (Å²) < 4.78 is 2.14. The fourth-order valence-corrected chi connectivity index (χ4v) is 3.23. The second kappa shape index (κ2) is 7.18. The van der Waals surface area contributed by atoms with Crippen LogP contribution in [-0.4, -0.2) is 28.4 Å². The van der Waals surface area contributed by atoms with Crippen molar-refractivity contribution in [3.8, 4) is 0 Å². The molecule has 0 atom stereocenters. The lowest BCUT2D eigenvalue weighted by molar-refractivity contribution is 0.523. The molecule has 1 aromatic carbocycles. The SMILES string of the molecule is C[N-]CCCCn1nc2c(N)nc3ccccc3c2c1CC(C)C.